The van der Waals surface area contributed by atoms with Gasteiger partial charge in [-0.15, -0.1) is 12.4 Å². The fourth-order valence-corrected chi connectivity index (χ4v) is 1.51. The quantitative estimate of drug-likeness (QED) is 0.593. The van der Waals surface area contributed by atoms with Crippen LogP contribution in [-0.4, -0.2) is 16.3 Å². The highest BCUT2D eigenvalue weighted by atomic mass is 35.5. The average Bonchev–Trinajstić information content (AvgIpc) is 1.91. The number of hydrogen-bond donors (Lipinski definition) is 0. The van der Waals surface area contributed by atoms with E-state index in [1.165, 1.54) is 33.6 Å². The Morgan fingerprint density at radius 3 is 2.20 bits per heavy atom. The first kappa shape index (κ1) is 10.0. The van der Waals surface area contributed by atoms with E-state index in [1.54, 1.807) is 0 Å². The Balaban J connectivity index is 0.000000810. The van der Waals surface area contributed by atoms with Crippen molar-refractivity contribution in [2.24, 2.45) is 0 Å². The first-order valence-corrected chi connectivity index (χ1v) is 4.89. The Hall–Kier alpha value is 0.0425. The number of aryl methyl sites for hydroxylation is 1. The molecule has 0 N–H and O–H groups in total. The van der Waals surface area contributed by atoms with E-state index in [0.29, 0.717) is 0 Å². The van der Waals surface area contributed by atoms with Gasteiger partial charge < -0.3 is 0 Å². The van der Waals surface area contributed by atoms with Crippen LogP contribution in [0.2, 0.25) is 5.28 Å². The third-order valence-electron chi connectivity index (χ3n) is 1.38. The summed E-state index contributed by atoms with van der Waals surface area (Å²) in [6, 6.07) is 10.7. The van der Waals surface area contributed by atoms with Gasteiger partial charge in [-0.05, 0) is 12.0 Å². The summed E-state index contributed by atoms with van der Waals surface area (Å²) in [6.07, 6.45) is 1.27. The normalized spacial score (nSPS) is 8.40. The summed E-state index contributed by atoms with van der Waals surface area (Å²) in [7, 11) is 0. The van der Waals surface area contributed by atoms with Crippen molar-refractivity contribution in [3.05, 3.63) is 35.9 Å². The molecular formula is C8H12AlCl. The molecule has 0 aliphatic carbocycles. The topological polar surface area (TPSA) is 0 Å². The van der Waals surface area contributed by atoms with Crippen LogP contribution in [0.1, 0.15) is 5.56 Å². The zero-order valence-corrected chi connectivity index (χ0v) is 9.03. The van der Waals surface area contributed by atoms with Crippen LogP contribution in [0.4, 0.5) is 0 Å². The Labute approximate surface area is 76.5 Å². The van der Waals surface area contributed by atoms with Crippen LogP contribution in [0, 0.1) is 0 Å². The van der Waals surface area contributed by atoms with Crippen LogP contribution in [0.25, 0.3) is 0 Å². The standard InChI is InChI=1S/C8H9.Al.ClH.2H/c1-2-8-6-4-3-5-7-8;;;;/h3-7H,1-2H2;;1H;;. The van der Waals surface area contributed by atoms with E-state index in [1.807, 2.05) is 0 Å². The molecule has 0 fully saturated rings. The molecule has 1 rings (SSSR count). The lowest BCUT2D eigenvalue weighted by atomic mass is 10.2. The van der Waals surface area contributed by atoms with Gasteiger partial charge in [0.1, 0.15) is 0 Å². The van der Waals surface area contributed by atoms with Gasteiger partial charge in [0.25, 0.3) is 0 Å². The lowest BCUT2D eigenvalue weighted by molar-refractivity contribution is 1.13. The molecule has 0 spiro atoms. The zero-order valence-electron chi connectivity index (χ0n) is 6.21. The third-order valence-corrected chi connectivity index (χ3v) is 1.88. The van der Waals surface area contributed by atoms with E-state index in [9.17, 15) is 0 Å². The molecule has 0 saturated carbocycles. The second-order valence-corrected chi connectivity index (χ2v) is 3.24. The lowest BCUT2D eigenvalue weighted by Gasteiger charge is -1.93. The van der Waals surface area contributed by atoms with Crippen molar-refractivity contribution in [1.82, 2.24) is 0 Å². The molecule has 0 aliphatic heterocycles. The van der Waals surface area contributed by atoms with Crippen molar-refractivity contribution in [2.75, 3.05) is 0 Å². The summed E-state index contributed by atoms with van der Waals surface area (Å²) in [4.78, 5) is 0. The molecule has 0 amide bonds. The monoisotopic (exact) mass is 170 g/mol. The van der Waals surface area contributed by atoms with Gasteiger partial charge >= 0.3 is 0 Å². The van der Waals surface area contributed by atoms with Crippen molar-refractivity contribution >= 4 is 28.7 Å². The second-order valence-electron chi connectivity index (χ2n) is 2.24. The highest BCUT2D eigenvalue weighted by molar-refractivity contribution is 6.08. The van der Waals surface area contributed by atoms with Gasteiger partial charge in [0.2, 0.25) is 16.3 Å². The van der Waals surface area contributed by atoms with E-state index < -0.39 is 0 Å². The minimum atomic E-state index is 0. The van der Waals surface area contributed by atoms with Crippen molar-refractivity contribution in [2.45, 2.75) is 11.7 Å². The Bertz CT molecular complexity index is 162. The van der Waals surface area contributed by atoms with E-state index in [2.05, 4.69) is 30.3 Å². The van der Waals surface area contributed by atoms with Crippen LogP contribution in [-0.2, 0) is 6.42 Å². The molecule has 0 bridgehead atoms. The summed E-state index contributed by atoms with van der Waals surface area (Å²) in [5, 5.41) is 1.38. The van der Waals surface area contributed by atoms with Gasteiger partial charge in [0, 0.05) is 0 Å². The molecule has 1 aromatic carbocycles. The fourth-order valence-electron chi connectivity index (χ4n) is 0.933. The molecule has 10 heavy (non-hydrogen) atoms. The number of benzene rings is 1. The summed E-state index contributed by atoms with van der Waals surface area (Å²) >= 11 is 1.32. The van der Waals surface area contributed by atoms with Crippen LogP contribution < -0.4 is 0 Å². The maximum Gasteiger partial charge on any atom is 0.212 e. The highest BCUT2D eigenvalue weighted by Crippen LogP contribution is 1.99. The molecule has 0 atom stereocenters. The summed E-state index contributed by atoms with van der Waals surface area (Å²) in [5.74, 6) is 0. The smallest absolute Gasteiger partial charge is 0.147 e. The molecule has 1 aromatic rings. The average molecular weight is 171 g/mol. The first-order valence-electron chi connectivity index (χ1n) is 3.47. The van der Waals surface area contributed by atoms with Crippen LogP contribution in [0.3, 0.4) is 0 Å². The molecule has 0 aliphatic rings. The van der Waals surface area contributed by atoms with Gasteiger partial charge in [-0.2, -0.15) is 0 Å². The van der Waals surface area contributed by atoms with E-state index >= 15 is 0 Å². The van der Waals surface area contributed by atoms with Gasteiger partial charge in [0.05, 0.1) is 0 Å². The number of rotatable bonds is 2. The molecule has 0 heterocycles. The highest BCUT2D eigenvalue weighted by Gasteiger charge is 1.84. The molecular weight excluding hydrogens is 159 g/mol. The molecule has 0 unspecified atom stereocenters. The minimum Gasteiger partial charge on any atom is -0.147 e. The maximum atomic E-state index is 2.19. The van der Waals surface area contributed by atoms with Gasteiger partial charge in [-0.1, -0.05) is 35.6 Å². The van der Waals surface area contributed by atoms with Gasteiger partial charge in [-0.3, -0.25) is 0 Å². The van der Waals surface area contributed by atoms with Crippen molar-refractivity contribution in [1.29, 1.82) is 0 Å². The summed E-state index contributed by atoms with van der Waals surface area (Å²) < 4.78 is 0. The van der Waals surface area contributed by atoms with Crippen LogP contribution in [0.15, 0.2) is 30.3 Å². The number of hydrogen-bond acceptors (Lipinski definition) is 0. The minimum absolute atomic E-state index is 0. The SMILES string of the molecule is Cl.[AlH2][CH2]Cc1ccccc1. The van der Waals surface area contributed by atoms with Crippen molar-refractivity contribution < 1.29 is 0 Å². The van der Waals surface area contributed by atoms with E-state index in [4.69, 9.17) is 0 Å². The van der Waals surface area contributed by atoms with Gasteiger partial charge in [0.15, 0.2) is 0 Å². The zero-order chi connectivity index (χ0) is 6.53. The second kappa shape index (κ2) is 5.80. The number of halogens is 1. The molecule has 0 nitrogen and oxygen atoms in total. The third kappa shape index (κ3) is 3.27. The maximum absolute atomic E-state index is 2.19. The van der Waals surface area contributed by atoms with E-state index in [-0.39, 0.29) is 12.4 Å². The molecule has 0 radical (unpaired) electrons. The molecule has 2 heteroatoms. The van der Waals surface area contributed by atoms with Crippen LogP contribution in [0.5, 0.6) is 0 Å². The first-order chi connectivity index (χ1) is 4.43. The molecule has 0 saturated heterocycles. The Kier molecular flexibility index (Phi) is 5.82. The molecule has 54 valence electrons. The lowest BCUT2D eigenvalue weighted by Crippen LogP contribution is -1.80. The van der Waals surface area contributed by atoms with Crippen molar-refractivity contribution in [3.8, 4) is 0 Å². The van der Waals surface area contributed by atoms with Crippen molar-refractivity contribution in [3.63, 3.8) is 0 Å². The summed E-state index contributed by atoms with van der Waals surface area (Å²) in [6.45, 7) is 0. The van der Waals surface area contributed by atoms with E-state index in [0.717, 1.165) is 0 Å². The predicted octanol–water partition coefficient (Wildman–Crippen LogP) is 1.70. The molecule has 0 aromatic heterocycles. The fraction of sp³-hybridized carbons (Fsp3) is 0.250. The largest absolute Gasteiger partial charge is 0.212 e. The van der Waals surface area contributed by atoms with Crippen LogP contribution >= 0.6 is 12.4 Å². The van der Waals surface area contributed by atoms with Gasteiger partial charge in [-0.25, -0.2) is 0 Å². The Morgan fingerprint density at radius 1 is 1.10 bits per heavy atom. The Morgan fingerprint density at radius 2 is 1.70 bits per heavy atom. The predicted molar refractivity (Wildman–Crippen MR) is 50.7 cm³/mol. The summed E-state index contributed by atoms with van der Waals surface area (Å²) in [5.41, 5.74) is 1.48.